The van der Waals surface area contributed by atoms with Crippen molar-refractivity contribution in [1.29, 1.82) is 0 Å². The molecule has 0 atom stereocenters. The molecule has 0 bridgehead atoms. The summed E-state index contributed by atoms with van der Waals surface area (Å²) in [7, 11) is 0. The minimum atomic E-state index is -0.667. The van der Waals surface area contributed by atoms with Crippen LogP contribution in [-0.2, 0) is 17.8 Å². The van der Waals surface area contributed by atoms with Crippen molar-refractivity contribution in [2.75, 3.05) is 6.54 Å². The molecule has 2 N–H and O–H groups in total. The van der Waals surface area contributed by atoms with E-state index in [9.17, 15) is 9.18 Å². The van der Waals surface area contributed by atoms with Crippen LogP contribution >= 0.6 is 0 Å². The summed E-state index contributed by atoms with van der Waals surface area (Å²) in [6.07, 6.45) is -0.0597. The highest BCUT2D eigenvalue weighted by Gasteiger charge is 2.04. The van der Waals surface area contributed by atoms with Gasteiger partial charge in [-0.2, -0.15) is 0 Å². The highest BCUT2D eigenvalue weighted by atomic mass is 19.1. The van der Waals surface area contributed by atoms with Crippen molar-refractivity contribution in [1.82, 2.24) is 5.32 Å². The Morgan fingerprint density at radius 3 is 2.62 bits per heavy atom. The maximum atomic E-state index is 13.1. The van der Waals surface area contributed by atoms with Gasteiger partial charge in [-0.25, -0.2) is 9.18 Å². The Morgan fingerprint density at radius 2 is 1.90 bits per heavy atom. The van der Waals surface area contributed by atoms with Crippen molar-refractivity contribution >= 4 is 6.09 Å². The molecule has 0 aliphatic heterocycles. The van der Waals surface area contributed by atoms with Gasteiger partial charge < -0.3 is 15.2 Å². The number of benzene rings is 2. The van der Waals surface area contributed by atoms with Crippen LogP contribution in [0, 0.1) is 5.82 Å². The van der Waals surface area contributed by atoms with Gasteiger partial charge in [0.05, 0.1) is 0 Å². The quantitative estimate of drug-likeness (QED) is 0.889. The predicted octanol–water partition coefficient (Wildman–Crippen LogP) is 3.00. The number of amides is 1. The number of hydrogen-bond acceptors (Lipinski definition) is 3. The average Bonchev–Trinajstić information content (AvgIpc) is 2.50. The third-order valence-electron chi connectivity index (χ3n) is 2.91. The molecule has 0 aliphatic rings. The minimum absolute atomic E-state index is 0.209. The van der Waals surface area contributed by atoms with Crippen LogP contribution in [0.25, 0.3) is 0 Å². The summed E-state index contributed by atoms with van der Waals surface area (Å²) in [5.41, 5.74) is 1.60. The van der Waals surface area contributed by atoms with E-state index in [1.54, 1.807) is 6.07 Å². The van der Waals surface area contributed by atoms with E-state index in [2.05, 4.69) is 5.32 Å². The molecule has 0 aliphatic carbocycles. The molecule has 0 saturated carbocycles. The van der Waals surface area contributed by atoms with Gasteiger partial charge in [0.15, 0.2) is 11.6 Å². The average molecular weight is 289 g/mol. The minimum Gasteiger partial charge on any atom is -0.505 e. The van der Waals surface area contributed by atoms with Crippen LogP contribution in [-0.4, -0.2) is 17.7 Å². The normalized spacial score (nSPS) is 10.1. The summed E-state index contributed by atoms with van der Waals surface area (Å²) < 4.78 is 18.2. The van der Waals surface area contributed by atoms with Crippen LogP contribution in [0.4, 0.5) is 9.18 Å². The SMILES string of the molecule is O=C(NCCc1ccc(O)c(F)c1)OCc1ccccc1. The van der Waals surface area contributed by atoms with Gasteiger partial charge in [-0.05, 0) is 29.7 Å². The standard InChI is InChI=1S/C16H16FNO3/c17-14-10-12(6-7-15(14)19)8-9-18-16(20)21-11-13-4-2-1-3-5-13/h1-7,10,19H,8-9,11H2,(H,18,20). The number of alkyl carbamates (subject to hydrolysis) is 1. The Hall–Kier alpha value is -2.56. The van der Waals surface area contributed by atoms with Crippen molar-refractivity contribution in [3.63, 3.8) is 0 Å². The lowest BCUT2D eigenvalue weighted by molar-refractivity contribution is 0.140. The monoisotopic (exact) mass is 289 g/mol. The zero-order valence-electron chi connectivity index (χ0n) is 11.4. The molecule has 2 aromatic carbocycles. The van der Waals surface area contributed by atoms with Crippen LogP contribution in [0.1, 0.15) is 11.1 Å². The third kappa shape index (κ3) is 4.80. The van der Waals surface area contributed by atoms with Gasteiger partial charge in [-0.3, -0.25) is 0 Å². The molecule has 0 radical (unpaired) electrons. The first-order chi connectivity index (χ1) is 10.1. The lowest BCUT2D eigenvalue weighted by Crippen LogP contribution is -2.26. The smallest absolute Gasteiger partial charge is 0.407 e. The predicted molar refractivity (Wildman–Crippen MR) is 76.4 cm³/mol. The van der Waals surface area contributed by atoms with Gasteiger partial charge in [-0.15, -0.1) is 0 Å². The maximum Gasteiger partial charge on any atom is 0.407 e. The van der Waals surface area contributed by atoms with E-state index in [4.69, 9.17) is 9.84 Å². The second-order valence-electron chi connectivity index (χ2n) is 4.52. The van der Waals surface area contributed by atoms with Gasteiger partial charge in [0.1, 0.15) is 6.61 Å². The molecule has 5 heteroatoms. The van der Waals surface area contributed by atoms with Crippen molar-refractivity contribution < 1.29 is 19.0 Å². The number of carbonyl (C=O) groups is 1. The highest BCUT2D eigenvalue weighted by Crippen LogP contribution is 2.16. The van der Waals surface area contributed by atoms with Crippen LogP contribution in [0.5, 0.6) is 5.75 Å². The van der Waals surface area contributed by atoms with Gasteiger partial charge in [0, 0.05) is 6.54 Å². The molecule has 2 aromatic rings. The fourth-order valence-electron chi connectivity index (χ4n) is 1.79. The van der Waals surface area contributed by atoms with Gasteiger partial charge in [0.2, 0.25) is 0 Å². The molecule has 1 amide bonds. The first-order valence-electron chi connectivity index (χ1n) is 6.57. The van der Waals surface area contributed by atoms with Crippen LogP contribution in [0.15, 0.2) is 48.5 Å². The van der Waals surface area contributed by atoms with E-state index < -0.39 is 11.9 Å². The third-order valence-corrected chi connectivity index (χ3v) is 2.91. The van der Waals surface area contributed by atoms with Gasteiger partial charge in [-0.1, -0.05) is 36.4 Å². The lowest BCUT2D eigenvalue weighted by atomic mass is 10.1. The van der Waals surface area contributed by atoms with Gasteiger partial charge in [0.25, 0.3) is 0 Å². The zero-order chi connectivity index (χ0) is 15.1. The molecule has 0 fully saturated rings. The summed E-state index contributed by atoms with van der Waals surface area (Å²) in [6, 6.07) is 13.5. The number of aromatic hydroxyl groups is 1. The summed E-state index contributed by atoms with van der Waals surface area (Å²) in [5.74, 6) is -1.05. The van der Waals surface area contributed by atoms with E-state index in [0.717, 1.165) is 5.56 Å². The Bertz CT molecular complexity index is 602. The molecule has 21 heavy (non-hydrogen) atoms. The second-order valence-corrected chi connectivity index (χ2v) is 4.52. The summed E-state index contributed by atoms with van der Waals surface area (Å²) in [4.78, 5) is 11.5. The largest absolute Gasteiger partial charge is 0.505 e. The maximum absolute atomic E-state index is 13.1. The number of phenols is 1. The Kier molecular flexibility index (Phi) is 5.15. The molecular formula is C16H16FNO3. The highest BCUT2D eigenvalue weighted by molar-refractivity contribution is 5.67. The molecule has 110 valence electrons. The van der Waals surface area contributed by atoms with Crippen molar-refractivity contribution in [3.8, 4) is 5.75 Å². The van der Waals surface area contributed by atoms with E-state index in [0.29, 0.717) is 18.5 Å². The number of ether oxygens (including phenoxy) is 1. The zero-order valence-corrected chi connectivity index (χ0v) is 11.4. The lowest BCUT2D eigenvalue weighted by Gasteiger charge is -2.07. The number of phenolic OH excluding ortho intramolecular Hbond substituents is 1. The molecule has 4 nitrogen and oxygen atoms in total. The number of hydrogen-bond donors (Lipinski definition) is 2. The van der Waals surface area contributed by atoms with Gasteiger partial charge >= 0.3 is 6.09 Å². The van der Waals surface area contributed by atoms with E-state index in [1.807, 2.05) is 30.3 Å². The van der Waals surface area contributed by atoms with Crippen molar-refractivity contribution in [2.24, 2.45) is 0 Å². The summed E-state index contributed by atoms with van der Waals surface area (Å²) >= 11 is 0. The molecule has 0 heterocycles. The summed E-state index contributed by atoms with van der Waals surface area (Å²) in [5, 5.41) is 11.7. The second kappa shape index (κ2) is 7.28. The molecule has 0 spiro atoms. The number of rotatable bonds is 5. The van der Waals surface area contributed by atoms with E-state index >= 15 is 0 Å². The summed E-state index contributed by atoms with van der Waals surface area (Å²) in [6.45, 7) is 0.540. The fourth-order valence-corrected chi connectivity index (χ4v) is 1.79. The molecule has 0 saturated heterocycles. The number of halogens is 1. The van der Waals surface area contributed by atoms with Crippen LogP contribution in [0.3, 0.4) is 0 Å². The van der Waals surface area contributed by atoms with E-state index in [1.165, 1.54) is 12.1 Å². The first-order valence-corrected chi connectivity index (χ1v) is 6.57. The molecule has 0 unspecified atom stereocenters. The van der Waals surface area contributed by atoms with Crippen LogP contribution < -0.4 is 5.32 Å². The number of carbonyl (C=O) groups excluding carboxylic acids is 1. The Balaban J connectivity index is 1.70. The molecule has 0 aromatic heterocycles. The molecule has 2 rings (SSSR count). The Morgan fingerprint density at radius 1 is 1.14 bits per heavy atom. The van der Waals surface area contributed by atoms with E-state index in [-0.39, 0.29) is 12.4 Å². The first kappa shape index (κ1) is 14.8. The van der Waals surface area contributed by atoms with Crippen molar-refractivity contribution in [3.05, 3.63) is 65.5 Å². The fraction of sp³-hybridized carbons (Fsp3) is 0.188. The Labute approximate surface area is 122 Å². The number of nitrogens with one attached hydrogen (secondary N) is 1. The van der Waals surface area contributed by atoms with Crippen molar-refractivity contribution in [2.45, 2.75) is 13.0 Å². The van der Waals surface area contributed by atoms with Crippen LogP contribution in [0.2, 0.25) is 0 Å². The molecular weight excluding hydrogens is 273 g/mol. The topological polar surface area (TPSA) is 58.6 Å².